The lowest BCUT2D eigenvalue weighted by Gasteiger charge is -2.13. The molecule has 0 aliphatic heterocycles. The number of benzene rings is 3. The molecule has 0 aliphatic carbocycles. The molecule has 0 bridgehead atoms. The van der Waals surface area contributed by atoms with E-state index < -0.39 is 0 Å². The Balaban J connectivity index is 2.25. The fourth-order valence-corrected chi connectivity index (χ4v) is 3.00. The van der Waals surface area contributed by atoms with E-state index >= 15 is 0 Å². The fourth-order valence-electron chi connectivity index (χ4n) is 2.82. The Labute approximate surface area is 130 Å². The third-order valence-corrected chi connectivity index (χ3v) is 4.21. The fraction of sp³-hybridized carbons (Fsp3) is 0.158. The third-order valence-electron chi connectivity index (χ3n) is 3.84. The monoisotopic (exact) mass is 295 g/mol. The second-order valence-electron chi connectivity index (χ2n) is 5.32. The second kappa shape index (κ2) is 5.88. The van der Waals surface area contributed by atoms with E-state index in [1.807, 2.05) is 13.1 Å². The number of halogens is 1. The van der Waals surface area contributed by atoms with Gasteiger partial charge in [0.15, 0.2) is 0 Å². The van der Waals surface area contributed by atoms with Crippen LogP contribution in [-0.4, -0.2) is 7.05 Å². The van der Waals surface area contributed by atoms with Crippen LogP contribution in [0.1, 0.15) is 11.1 Å². The lowest BCUT2D eigenvalue weighted by molar-refractivity contribution is 0.818. The van der Waals surface area contributed by atoms with Crippen molar-refractivity contribution < 1.29 is 0 Å². The van der Waals surface area contributed by atoms with E-state index in [-0.39, 0.29) is 0 Å². The van der Waals surface area contributed by atoms with Crippen LogP contribution >= 0.6 is 11.6 Å². The number of hydrogen-bond acceptors (Lipinski definition) is 1. The van der Waals surface area contributed by atoms with Gasteiger partial charge in [0.1, 0.15) is 0 Å². The first-order chi connectivity index (χ1) is 10.2. The summed E-state index contributed by atoms with van der Waals surface area (Å²) in [7, 11) is 1.94. The summed E-state index contributed by atoms with van der Waals surface area (Å²) in [6.07, 6.45) is 0. The third kappa shape index (κ3) is 2.67. The molecule has 2 heteroatoms. The maximum atomic E-state index is 6.28. The molecule has 106 valence electrons. The van der Waals surface area contributed by atoms with Gasteiger partial charge in [0.05, 0.1) is 0 Å². The highest BCUT2D eigenvalue weighted by Gasteiger charge is 2.09. The number of rotatable bonds is 3. The van der Waals surface area contributed by atoms with Crippen molar-refractivity contribution in [2.45, 2.75) is 13.5 Å². The Hall–Kier alpha value is -1.83. The maximum absolute atomic E-state index is 6.28. The first kappa shape index (κ1) is 14.1. The van der Waals surface area contributed by atoms with E-state index in [9.17, 15) is 0 Å². The smallest absolute Gasteiger partial charge is 0.0451 e. The van der Waals surface area contributed by atoms with Crippen LogP contribution in [0, 0.1) is 6.92 Å². The van der Waals surface area contributed by atoms with E-state index in [0.717, 1.165) is 17.1 Å². The van der Waals surface area contributed by atoms with Gasteiger partial charge in [-0.05, 0) is 59.1 Å². The summed E-state index contributed by atoms with van der Waals surface area (Å²) < 4.78 is 0. The van der Waals surface area contributed by atoms with Crippen LogP contribution in [0.5, 0.6) is 0 Å². The van der Waals surface area contributed by atoms with Gasteiger partial charge in [-0.1, -0.05) is 54.1 Å². The van der Waals surface area contributed by atoms with Crippen LogP contribution in [-0.2, 0) is 6.54 Å². The van der Waals surface area contributed by atoms with Gasteiger partial charge in [-0.25, -0.2) is 0 Å². The Bertz CT molecular complexity index is 793. The largest absolute Gasteiger partial charge is 0.316 e. The standard InChI is InChI=1S/C19H18ClN/c1-13-7-8-14-5-3-4-6-17(14)19(13)15-9-10-18(20)16(11-15)12-21-2/h3-11,21H,12H2,1-2H3. The van der Waals surface area contributed by atoms with Crippen molar-refractivity contribution in [1.82, 2.24) is 5.32 Å². The highest BCUT2D eigenvalue weighted by Crippen LogP contribution is 2.33. The number of aryl methyl sites for hydroxylation is 1. The summed E-state index contributed by atoms with van der Waals surface area (Å²) in [6.45, 7) is 2.94. The van der Waals surface area contributed by atoms with Gasteiger partial charge in [0.25, 0.3) is 0 Å². The average molecular weight is 296 g/mol. The van der Waals surface area contributed by atoms with Gasteiger partial charge in [0, 0.05) is 11.6 Å². The van der Waals surface area contributed by atoms with Gasteiger partial charge in [-0.3, -0.25) is 0 Å². The SMILES string of the molecule is CNCc1cc(-c2c(C)ccc3ccccc23)ccc1Cl. The van der Waals surface area contributed by atoms with Gasteiger partial charge in [-0.2, -0.15) is 0 Å². The summed E-state index contributed by atoms with van der Waals surface area (Å²) in [5, 5.41) is 6.54. The van der Waals surface area contributed by atoms with Gasteiger partial charge in [0.2, 0.25) is 0 Å². The molecular weight excluding hydrogens is 278 g/mol. The van der Waals surface area contributed by atoms with E-state index in [1.54, 1.807) is 0 Å². The minimum absolute atomic E-state index is 0.774. The molecule has 3 rings (SSSR count). The minimum Gasteiger partial charge on any atom is -0.316 e. The normalized spacial score (nSPS) is 11.0. The molecule has 0 saturated heterocycles. The summed E-state index contributed by atoms with van der Waals surface area (Å²) in [5.74, 6) is 0. The van der Waals surface area contributed by atoms with Gasteiger partial charge in [-0.15, -0.1) is 0 Å². The molecule has 0 unspecified atom stereocenters. The van der Waals surface area contributed by atoms with E-state index in [2.05, 4.69) is 60.8 Å². The van der Waals surface area contributed by atoms with Gasteiger partial charge >= 0.3 is 0 Å². The van der Waals surface area contributed by atoms with Gasteiger partial charge < -0.3 is 5.32 Å². The van der Waals surface area contributed by atoms with Crippen molar-refractivity contribution in [2.24, 2.45) is 0 Å². The second-order valence-corrected chi connectivity index (χ2v) is 5.72. The first-order valence-electron chi connectivity index (χ1n) is 7.12. The first-order valence-corrected chi connectivity index (χ1v) is 7.50. The molecule has 0 radical (unpaired) electrons. The molecule has 0 atom stereocenters. The Kier molecular flexibility index (Phi) is 3.96. The Morgan fingerprint density at radius 3 is 2.62 bits per heavy atom. The molecule has 3 aromatic rings. The zero-order valence-electron chi connectivity index (χ0n) is 12.3. The molecule has 0 aliphatic rings. The predicted molar refractivity (Wildman–Crippen MR) is 91.9 cm³/mol. The van der Waals surface area contributed by atoms with Crippen LogP contribution in [0.15, 0.2) is 54.6 Å². The number of nitrogens with one attached hydrogen (secondary N) is 1. The molecule has 0 amide bonds. The van der Waals surface area contributed by atoms with Crippen molar-refractivity contribution in [1.29, 1.82) is 0 Å². The highest BCUT2D eigenvalue weighted by molar-refractivity contribution is 6.31. The van der Waals surface area contributed by atoms with Crippen LogP contribution in [0.2, 0.25) is 5.02 Å². The maximum Gasteiger partial charge on any atom is 0.0451 e. The number of hydrogen-bond donors (Lipinski definition) is 1. The minimum atomic E-state index is 0.774. The summed E-state index contributed by atoms with van der Waals surface area (Å²) in [5.41, 5.74) is 4.93. The Morgan fingerprint density at radius 2 is 1.81 bits per heavy atom. The van der Waals surface area contributed by atoms with E-state index in [4.69, 9.17) is 11.6 Å². The molecule has 1 nitrogen and oxygen atoms in total. The molecule has 1 N–H and O–H groups in total. The van der Waals surface area contributed by atoms with Crippen molar-refractivity contribution in [3.63, 3.8) is 0 Å². The zero-order chi connectivity index (χ0) is 14.8. The van der Waals surface area contributed by atoms with Crippen LogP contribution < -0.4 is 5.32 Å². The highest BCUT2D eigenvalue weighted by atomic mass is 35.5. The molecule has 0 spiro atoms. The summed E-state index contributed by atoms with van der Waals surface area (Å²) in [4.78, 5) is 0. The van der Waals surface area contributed by atoms with Crippen molar-refractivity contribution >= 4 is 22.4 Å². The number of fused-ring (bicyclic) bond motifs is 1. The quantitative estimate of drug-likeness (QED) is 0.701. The topological polar surface area (TPSA) is 12.0 Å². The van der Waals surface area contributed by atoms with E-state index in [1.165, 1.54) is 27.5 Å². The zero-order valence-corrected chi connectivity index (χ0v) is 13.0. The molecule has 21 heavy (non-hydrogen) atoms. The molecule has 0 fully saturated rings. The predicted octanol–water partition coefficient (Wildman–Crippen LogP) is 5.19. The average Bonchev–Trinajstić information content (AvgIpc) is 2.50. The van der Waals surface area contributed by atoms with Crippen molar-refractivity contribution in [3.8, 4) is 11.1 Å². The van der Waals surface area contributed by atoms with Crippen molar-refractivity contribution in [2.75, 3.05) is 7.05 Å². The van der Waals surface area contributed by atoms with Crippen molar-refractivity contribution in [3.05, 3.63) is 70.7 Å². The lowest BCUT2D eigenvalue weighted by Crippen LogP contribution is -2.05. The summed E-state index contributed by atoms with van der Waals surface area (Å²) >= 11 is 6.28. The van der Waals surface area contributed by atoms with Crippen LogP contribution in [0.4, 0.5) is 0 Å². The molecule has 3 aromatic carbocycles. The lowest BCUT2D eigenvalue weighted by atomic mass is 9.93. The molecular formula is C19H18ClN. The Morgan fingerprint density at radius 1 is 1.00 bits per heavy atom. The van der Waals surface area contributed by atoms with E-state index in [0.29, 0.717) is 0 Å². The van der Waals surface area contributed by atoms with Crippen LogP contribution in [0.25, 0.3) is 21.9 Å². The molecule has 0 aromatic heterocycles. The molecule has 0 saturated carbocycles. The summed E-state index contributed by atoms with van der Waals surface area (Å²) in [6, 6.07) is 19.2. The molecule has 0 heterocycles. The van der Waals surface area contributed by atoms with Crippen LogP contribution in [0.3, 0.4) is 0 Å².